The Morgan fingerprint density at radius 1 is 0.519 bits per heavy atom. The summed E-state index contributed by atoms with van der Waals surface area (Å²) in [6, 6.07) is 0. The molecule has 0 aliphatic carbocycles. The van der Waals surface area contributed by atoms with E-state index in [4.69, 9.17) is 18.5 Å². The normalized spacial score (nSPS) is 14.5. The molecule has 0 aliphatic rings. The molecule has 0 bridgehead atoms. The summed E-state index contributed by atoms with van der Waals surface area (Å²) in [5.74, 6) is -1.07. The van der Waals surface area contributed by atoms with Crippen molar-refractivity contribution < 1.29 is 47.8 Å². The molecule has 0 aromatic rings. The lowest BCUT2D eigenvalue weighted by Gasteiger charge is -2.20. The summed E-state index contributed by atoms with van der Waals surface area (Å²) in [6.45, 7) is 2.02. The van der Waals surface area contributed by atoms with Crippen molar-refractivity contribution in [3.63, 3.8) is 0 Å². The summed E-state index contributed by atoms with van der Waals surface area (Å²) >= 11 is 0. The van der Waals surface area contributed by atoms with E-state index in [-0.39, 0.29) is 12.8 Å². The average Bonchev–Trinajstić information content (AvgIpc) is 3.16. The summed E-state index contributed by atoms with van der Waals surface area (Å²) in [6.07, 6.45) is 42.0. The van der Waals surface area contributed by atoms with Crippen LogP contribution in [-0.2, 0) is 32.7 Å². The Morgan fingerprint density at radius 2 is 0.870 bits per heavy atom. The maximum Gasteiger partial charge on any atom is 0.472 e. The Kier molecular flexibility index (Phi) is 37.2. The van der Waals surface area contributed by atoms with Crippen LogP contribution in [0.2, 0.25) is 0 Å². The first-order valence-corrected chi connectivity index (χ1v) is 22.2. The number of ether oxygens (including phenoxy) is 2. The molecular weight excluding hydrogens is 707 g/mol. The zero-order valence-electron chi connectivity index (χ0n) is 33.7. The quantitative estimate of drug-likeness (QED) is 0.0239. The number of phosphoric acid groups is 1. The molecule has 0 spiro atoms. The Morgan fingerprint density at radius 3 is 1.31 bits per heavy atom. The molecule has 312 valence electrons. The molecule has 0 fully saturated rings. The molecule has 0 aromatic heterocycles. The summed E-state index contributed by atoms with van der Waals surface area (Å²) in [5.41, 5.74) is 0. The number of rotatable bonds is 38. The molecule has 0 saturated carbocycles. The minimum absolute atomic E-state index is 0.137. The maximum atomic E-state index is 12.3. The van der Waals surface area contributed by atoms with Gasteiger partial charge in [-0.2, -0.15) is 0 Å². The highest BCUT2D eigenvalue weighted by molar-refractivity contribution is 7.47. The van der Waals surface area contributed by atoms with Gasteiger partial charge < -0.3 is 24.6 Å². The third-order valence-corrected chi connectivity index (χ3v) is 9.41. The van der Waals surface area contributed by atoms with E-state index in [1.165, 1.54) is 44.9 Å². The van der Waals surface area contributed by atoms with Crippen LogP contribution in [0.5, 0.6) is 0 Å². The Bertz CT molecular complexity index is 1080. The van der Waals surface area contributed by atoms with Crippen LogP contribution in [0.15, 0.2) is 60.8 Å². The highest BCUT2D eigenvalue weighted by Gasteiger charge is 2.27. The molecule has 11 heteroatoms. The van der Waals surface area contributed by atoms with E-state index in [1.807, 2.05) is 0 Å². The van der Waals surface area contributed by atoms with Gasteiger partial charge in [-0.15, -0.1) is 0 Å². The molecule has 54 heavy (non-hydrogen) atoms. The van der Waals surface area contributed by atoms with Gasteiger partial charge in [0, 0.05) is 12.8 Å². The first-order valence-electron chi connectivity index (χ1n) is 20.7. The number of aliphatic hydroxyl groups is 2. The number of unbranched alkanes of at least 4 members (excludes halogenated alkanes) is 14. The fraction of sp³-hybridized carbons (Fsp3) is 0.721. The second kappa shape index (κ2) is 38.9. The van der Waals surface area contributed by atoms with E-state index >= 15 is 0 Å². The predicted octanol–water partition coefficient (Wildman–Crippen LogP) is 10.7. The van der Waals surface area contributed by atoms with Gasteiger partial charge in [0.15, 0.2) is 0 Å². The second-order valence-corrected chi connectivity index (χ2v) is 15.0. The van der Waals surface area contributed by atoms with Crippen molar-refractivity contribution in [1.29, 1.82) is 0 Å². The van der Waals surface area contributed by atoms with Gasteiger partial charge in [0.05, 0.1) is 26.4 Å². The molecule has 0 amide bonds. The maximum absolute atomic E-state index is 12.3. The van der Waals surface area contributed by atoms with Gasteiger partial charge >= 0.3 is 19.8 Å². The van der Waals surface area contributed by atoms with Crippen LogP contribution in [0.25, 0.3) is 0 Å². The number of carbonyl (C=O) groups is 2. The van der Waals surface area contributed by atoms with Crippen LogP contribution in [0.1, 0.15) is 162 Å². The van der Waals surface area contributed by atoms with Crippen LogP contribution in [0.4, 0.5) is 0 Å². The van der Waals surface area contributed by atoms with Crippen LogP contribution in [0.3, 0.4) is 0 Å². The molecule has 0 saturated heterocycles. The van der Waals surface area contributed by atoms with Gasteiger partial charge in [0.25, 0.3) is 0 Å². The minimum atomic E-state index is -4.65. The van der Waals surface area contributed by atoms with Gasteiger partial charge in [-0.05, 0) is 77.0 Å². The second-order valence-electron chi connectivity index (χ2n) is 13.6. The van der Waals surface area contributed by atoms with E-state index in [0.29, 0.717) is 12.8 Å². The zero-order valence-corrected chi connectivity index (χ0v) is 34.6. The Balaban J connectivity index is 4.02. The largest absolute Gasteiger partial charge is 0.472 e. The fourth-order valence-electron chi connectivity index (χ4n) is 5.28. The minimum Gasteiger partial charge on any atom is -0.457 e. The summed E-state index contributed by atoms with van der Waals surface area (Å²) in [7, 11) is -4.65. The molecule has 0 rings (SSSR count). The van der Waals surface area contributed by atoms with Crippen LogP contribution in [0, 0.1) is 0 Å². The van der Waals surface area contributed by atoms with E-state index < -0.39 is 58.4 Å². The third-order valence-electron chi connectivity index (χ3n) is 8.46. The zero-order chi connectivity index (χ0) is 39.8. The number of aliphatic hydroxyl groups excluding tert-OH is 2. The number of phosphoric ester groups is 1. The molecule has 0 heterocycles. The molecule has 0 radical (unpaired) electrons. The van der Waals surface area contributed by atoms with Crippen molar-refractivity contribution in [2.45, 2.75) is 174 Å². The molecule has 3 atom stereocenters. The van der Waals surface area contributed by atoms with Crippen molar-refractivity contribution in [1.82, 2.24) is 0 Å². The SMILES string of the molecule is CC/C=C\C/C=C\C/C=C\C/C=C\CCCCC(=O)OC(CO)COP(=O)(O)OCC(CO)OC(=O)CCCCCCC/C=C\CCCCCCCCC. The monoisotopic (exact) mass is 783 g/mol. The van der Waals surface area contributed by atoms with E-state index in [9.17, 15) is 29.3 Å². The van der Waals surface area contributed by atoms with Gasteiger partial charge in [-0.25, -0.2) is 4.57 Å². The van der Waals surface area contributed by atoms with Gasteiger partial charge in [-0.3, -0.25) is 18.6 Å². The highest BCUT2D eigenvalue weighted by atomic mass is 31.2. The molecule has 0 aromatic carbocycles. The van der Waals surface area contributed by atoms with Gasteiger partial charge in [0.1, 0.15) is 12.2 Å². The van der Waals surface area contributed by atoms with Crippen molar-refractivity contribution in [3.8, 4) is 0 Å². The highest BCUT2D eigenvalue weighted by Crippen LogP contribution is 2.43. The predicted molar refractivity (Wildman–Crippen MR) is 219 cm³/mol. The summed E-state index contributed by atoms with van der Waals surface area (Å²) in [5, 5.41) is 19.1. The smallest absolute Gasteiger partial charge is 0.457 e. The number of carbonyl (C=O) groups excluding carboxylic acids is 2. The number of allylic oxidation sites excluding steroid dienone is 10. The summed E-state index contributed by atoms with van der Waals surface area (Å²) in [4.78, 5) is 34.4. The fourth-order valence-corrected chi connectivity index (χ4v) is 6.06. The lowest BCUT2D eigenvalue weighted by molar-refractivity contribution is -0.153. The Labute approximate surface area is 327 Å². The van der Waals surface area contributed by atoms with E-state index in [0.717, 1.165) is 77.0 Å². The summed E-state index contributed by atoms with van der Waals surface area (Å²) < 4.78 is 32.5. The lowest BCUT2D eigenvalue weighted by atomic mass is 10.1. The average molecular weight is 783 g/mol. The van der Waals surface area contributed by atoms with Crippen molar-refractivity contribution in [3.05, 3.63) is 60.8 Å². The molecule has 3 N–H and O–H groups in total. The van der Waals surface area contributed by atoms with E-state index in [2.05, 4.69) is 74.6 Å². The molecule has 10 nitrogen and oxygen atoms in total. The van der Waals surface area contributed by atoms with Crippen LogP contribution in [-0.4, -0.2) is 65.7 Å². The topological polar surface area (TPSA) is 149 Å². The Hall–Kier alpha value is -2.33. The molecule has 3 unspecified atom stereocenters. The lowest BCUT2D eigenvalue weighted by Crippen LogP contribution is -2.28. The van der Waals surface area contributed by atoms with Crippen LogP contribution >= 0.6 is 7.82 Å². The van der Waals surface area contributed by atoms with Crippen molar-refractivity contribution in [2.75, 3.05) is 26.4 Å². The van der Waals surface area contributed by atoms with Gasteiger partial charge in [0.2, 0.25) is 0 Å². The number of esters is 2. The molecule has 0 aliphatic heterocycles. The molecular formula is C43H75O10P. The third kappa shape index (κ3) is 36.6. The van der Waals surface area contributed by atoms with Crippen molar-refractivity contribution >= 4 is 19.8 Å². The first kappa shape index (κ1) is 51.7. The number of hydrogen-bond acceptors (Lipinski definition) is 9. The standard InChI is InChI=1S/C43H75O10P/c1-3-5-7-9-11-13-15-17-19-21-23-25-27-29-31-33-35-43(47)53-41(37-45)39-51-54(48,49)50-38-40(36-44)52-42(46)34-32-30-28-26-24-22-20-18-16-14-12-10-8-6-4-2/h6,8,12,14,18-21,24,26,40-41,44-45H,3-5,7,9-11,13,15-17,22-23,25,27-39H2,1-2H3,(H,48,49)/b8-6-,14-12-,20-18-,21-19-,26-24-. The number of hydrogen-bond donors (Lipinski definition) is 3. The van der Waals surface area contributed by atoms with Gasteiger partial charge in [-0.1, -0.05) is 132 Å². The van der Waals surface area contributed by atoms with E-state index in [1.54, 1.807) is 0 Å². The van der Waals surface area contributed by atoms with Crippen molar-refractivity contribution in [2.24, 2.45) is 0 Å². The first-order chi connectivity index (χ1) is 26.3. The van der Waals surface area contributed by atoms with Crippen LogP contribution < -0.4 is 0 Å².